The van der Waals surface area contributed by atoms with Crippen molar-refractivity contribution in [3.05, 3.63) is 45.9 Å². The molecule has 1 unspecified atom stereocenters. The molecule has 0 bridgehead atoms. The number of aromatic amines is 1. The Morgan fingerprint density at radius 2 is 2.12 bits per heavy atom. The molecule has 8 nitrogen and oxygen atoms in total. The van der Waals surface area contributed by atoms with E-state index in [1.807, 2.05) is 0 Å². The quantitative estimate of drug-likeness (QED) is 0.768. The van der Waals surface area contributed by atoms with E-state index in [0.717, 1.165) is 24.1 Å². The molecule has 124 valence electrons. The lowest BCUT2D eigenvalue weighted by molar-refractivity contribution is 0.174. The summed E-state index contributed by atoms with van der Waals surface area (Å²) in [5.74, 6) is 1.28. The molecule has 0 saturated heterocycles. The van der Waals surface area contributed by atoms with Crippen LogP contribution in [0.2, 0.25) is 0 Å². The molecular weight excluding hydrogens is 312 g/mol. The molecule has 1 aliphatic heterocycles. The van der Waals surface area contributed by atoms with Crippen LogP contribution in [0.25, 0.3) is 0 Å². The number of rotatable bonds is 2. The van der Waals surface area contributed by atoms with Gasteiger partial charge in [0.15, 0.2) is 11.5 Å². The van der Waals surface area contributed by atoms with Crippen molar-refractivity contribution in [2.45, 2.75) is 25.3 Å². The van der Waals surface area contributed by atoms with Crippen LogP contribution >= 0.6 is 0 Å². The van der Waals surface area contributed by atoms with Crippen LogP contribution in [0.4, 0.5) is 10.5 Å². The fourth-order valence-electron chi connectivity index (χ4n) is 2.99. The van der Waals surface area contributed by atoms with Crippen molar-refractivity contribution in [3.8, 4) is 11.5 Å². The number of urea groups is 1. The summed E-state index contributed by atoms with van der Waals surface area (Å²) in [6.45, 7) is 0.194. The van der Waals surface area contributed by atoms with Crippen molar-refractivity contribution in [2.24, 2.45) is 0 Å². The molecular formula is C16H16N4O4. The summed E-state index contributed by atoms with van der Waals surface area (Å²) < 4.78 is 10.5. The van der Waals surface area contributed by atoms with E-state index in [0.29, 0.717) is 23.6 Å². The third-order valence-corrected chi connectivity index (χ3v) is 4.14. The van der Waals surface area contributed by atoms with Crippen LogP contribution in [-0.4, -0.2) is 29.1 Å². The van der Waals surface area contributed by atoms with Crippen LogP contribution in [0.5, 0.6) is 11.5 Å². The Bertz CT molecular complexity index is 848. The maximum atomic E-state index is 12.2. The second-order valence-electron chi connectivity index (χ2n) is 5.81. The molecule has 0 radical (unpaired) electrons. The minimum absolute atomic E-state index is 0.0323. The van der Waals surface area contributed by atoms with Crippen molar-refractivity contribution < 1.29 is 14.3 Å². The van der Waals surface area contributed by atoms with Gasteiger partial charge in [-0.15, -0.1) is 0 Å². The summed E-state index contributed by atoms with van der Waals surface area (Å²) in [6, 6.07) is 6.46. The highest BCUT2D eigenvalue weighted by Gasteiger charge is 2.22. The predicted octanol–water partition coefficient (Wildman–Crippen LogP) is 1.18. The summed E-state index contributed by atoms with van der Waals surface area (Å²) >= 11 is 0. The van der Waals surface area contributed by atoms with Crippen LogP contribution in [-0.2, 0) is 12.8 Å². The first kappa shape index (κ1) is 14.6. The van der Waals surface area contributed by atoms with Gasteiger partial charge in [-0.05, 0) is 37.0 Å². The Morgan fingerprint density at radius 3 is 3.04 bits per heavy atom. The SMILES string of the molecule is O=C(Nc1ccc2c(c1)OCO2)NC1CCc2n[nH]c(=O)cc2C1. The number of aryl methyl sites for hydroxylation is 1. The van der Waals surface area contributed by atoms with Gasteiger partial charge in [-0.25, -0.2) is 9.89 Å². The van der Waals surface area contributed by atoms with E-state index in [2.05, 4.69) is 20.8 Å². The highest BCUT2D eigenvalue weighted by molar-refractivity contribution is 5.89. The summed E-state index contributed by atoms with van der Waals surface area (Å²) in [6.07, 6.45) is 2.10. The summed E-state index contributed by atoms with van der Waals surface area (Å²) in [7, 11) is 0. The normalized spacial score (nSPS) is 17.9. The molecule has 1 aromatic carbocycles. The van der Waals surface area contributed by atoms with Crippen LogP contribution < -0.4 is 25.7 Å². The molecule has 2 aromatic rings. The van der Waals surface area contributed by atoms with Crippen LogP contribution in [0.3, 0.4) is 0 Å². The van der Waals surface area contributed by atoms with E-state index in [1.54, 1.807) is 24.3 Å². The Kier molecular flexibility index (Phi) is 3.56. The van der Waals surface area contributed by atoms with Crippen molar-refractivity contribution >= 4 is 11.7 Å². The van der Waals surface area contributed by atoms with Crippen LogP contribution in [0, 0.1) is 0 Å². The molecule has 1 aromatic heterocycles. The minimum atomic E-state index is -0.292. The minimum Gasteiger partial charge on any atom is -0.454 e. The average molecular weight is 328 g/mol. The van der Waals surface area contributed by atoms with E-state index in [4.69, 9.17) is 9.47 Å². The van der Waals surface area contributed by atoms with E-state index < -0.39 is 0 Å². The number of ether oxygens (including phenoxy) is 2. The number of H-pyrrole nitrogens is 1. The predicted molar refractivity (Wildman–Crippen MR) is 85.4 cm³/mol. The molecule has 4 rings (SSSR count). The number of hydrogen-bond donors (Lipinski definition) is 3. The van der Waals surface area contributed by atoms with Crippen molar-refractivity contribution in [3.63, 3.8) is 0 Å². The Labute approximate surface area is 137 Å². The monoisotopic (exact) mass is 328 g/mol. The zero-order valence-corrected chi connectivity index (χ0v) is 12.8. The van der Waals surface area contributed by atoms with Gasteiger partial charge in [-0.2, -0.15) is 5.10 Å². The highest BCUT2D eigenvalue weighted by atomic mass is 16.7. The lowest BCUT2D eigenvalue weighted by atomic mass is 9.92. The van der Waals surface area contributed by atoms with Gasteiger partial charge in [0, 0.05) is 23.9 Å². The third kappa shape index (κ3) is 2.90. The molecule has 0 spiro atoms. The molecule has 0 saturated carbocycles. The Morgan fingerprint density at radius 1 is 1.25 bits per heavy atom. The van der Waals surface area contributed by atoms with Gasteiger partial charge in [0.25, 0.3) is 5.56 Å². The molecule has 3 N–H and O–H groups in total. The first-order valence-corrected chi connectivity index (χ1v) is 7.72. The lowest BCUT2D eigenvalue weighted by Gasteiger charge is -2.24. The van der Waals surface area contributed by atoms with E-state index in [-0.39, 0.29) is 24.4 Å². The maximum Gasteiger partial charge on any atom is 0.319 e. The zero-order valence-electron chi connectivity index (χ0n) is 12.8. The molecule has 8 heteroatoms. The molecule has 0 fully saturated rings. The number of amides is 2. The van der Waals surface area contributed by atoms with Gasteiger partial charge in [0.1, 0.15) is 0 Å². The summed E-state index contributed by atoms with van der Waals surface area (Å²) in [5, 5.41) is 12.2. The number of anilines is 1. The molecule has 2 aliphatic rings. The first-order valence-electron chi connectivity index (χ1n) is 7.72. The van der Waals surface area contributed by atoms with E-state index in [1.165, 1.54) is 0 Å². The standard InChI is InChI=1S/C16H16N4O4/c21-15-6-9-5-10(1-3-12(9)19-20-15)17-16(22)18-11-2-4-13-14(7-11)24-8-23-13/h2,4,6-7,10H,1,3,5,8H2,(H,20,21)(H2,17,18,22). The average Bonchev–Trinajstić information content (AvgIpc) is 3.02. The van der Waals surface area contributed by atoms with Crippen LogP contribution in [0.15, 0.2) is 29.1 Å². The van der Waals surface area contributed by atoms with Crippen LogP contribution in [0.1, 0.15) is 17.7 Å². The Balaban J connectivity index is 1.39. The lowest BCUT2D eigenvalue weighted by Crippen LogP contribution is -2.41. The molecule has 1 atom stereocenters. The van der Waals surface area contributed by atoms with Gasteiger partial charge in [0.2, 0.25) is 6.79 Å². The number of carbonyl (C=O) groups excluding carboxylic acids is 1. The van der Waals surface area contributed by atoms with Crippen molar-refractivity contribution in [1.82, 2.24) is 15.5 Å². The maximum absolute atomic E-state index is 12.2. The zero-order chi connectivity index (χ0) is 16.5. The summed E-state index contributed by atoms with van der Waals surface area (Å²) in [4.78, 5) is 23.5. The van der Waals surface area contributed by atoms with Gasteiger partial charge in [0.05, 0.1) is 5.69 Å². The van der Waals surface area contributed by atoms with Gasteiger partial charge < -0.3 is 20.1 Å². The second kappa shape index (κ2) is 5.88. The molecule has 2 amide bonds. The molecule has 24 heavy (non-hydrogen) atoms. The molecule has 2 heterocycles. The van der Waals surface area contributed by atoms with Crippen molar-refractivity contribution in [1.29, 1.82) is 0 Å². The number of aromatic nitrogens is 2. The Hall–Kier alpha value is -3.03. The largest absolute Gasteiger partial charge is 0.454 e. The van der Waals surface area contributed by atoms with Gasteiger partial charge in [-0.1, -0.05) is 0 Å². The number of carbonyl (C=O) groups is 1. The number of hydrogen-bond acceptors (Lipinski definition) is 5. The highest BCUT2D eigenvalue weighted by Crippen LogP contribution is 2.34. The van der Waals surface area contributed by atoms with E-state index >= 15 is 0 Å². The van der Waals surface area contributed by atoms with Gasteiger partial charge in [-0.3, -0.25) is 4.79 Å². The fraction of sp³-hybridized carbons (Fsp3) is 0.312. The smallest absolute Gasteiger partial charge is 0.319 e. The number of benzene rings is 1. The topological polar surface area (TPSA) is 105 Å². The third-order valence-electron chi connectivity index (χ3n) is 4.14. The number of nitrogens with one attached hydrogen (secondary N) is 3. The number of fused-ring (bicyclic) bond motifs is 2. The number of nitrogens with zero attached hydrogens (tertiary/aromatic N) is 1. The van der Waals surface area contributed by atoms with Crippen molar-refractivity contribution in [2.75, 3.05) is 12.1 Å². The van der Waals surface area contributed by atoms with E-state index in [9.17, 15) is 9.59 Å². The molecule has 1 aliphatic carbocycles. The van der Waals surface area contributed by atoms with Gasteiger partial charge >= 0.3 is 6.03 Å². The second-order valence-corrected chi connectivity index (χ2v) is 5.81. The first-order chi connectivity index (χ1) is 11.7. The summed E-state index contributed by atoms with van der Waals surface area (Å²) in [5.41, 5.74) is 2.19. The fourth-order valence-corrected chi connectivity index (χ4v) is 2.99.